The Labute approximate surface area is 106 Å². The van der Waals surface area contributed by atoms with E-state index in [2.05, 4.69) is 4.74 Å². The van der Waals surface area contributed by atoms with Crippen LogP contribution in [0.4, 0.5) is 5.69 Å². The summed E-state index contributed by atoms with van der Waals surface area (Å²) in [7, 11) is 1.19. The van der Waals surface area contributed by atoms with Crippen molar-refractivity contribution in [2.24, 2.45) is 0 Å². The van der Waals surface area contributed by atoms with Crippen molar-refractivity contribution in [3.8, 4) is 0 Å². The SMILES string of the molecule is COC(=O)c1c(N)c(Cl)c(Cl)c(Cl)c1Cl. The molecule has 0 bridgehead atoms. The fourth-order valence-corrected chi connectivity index (χ4v) is 1.89. The van der Waals surface area contributed by atoms with Gasteiger partial charge in [0.1, 0.15) is 5.56 Å². The zero-order valence-corrected chi connectivity index (χ0v) is 10.4. The summed E-state index contributed by atoms with van der Waals surface area (Å²) in [6.07, 6.45) is 0. The van der Waals surface area contributed by atoms with E-state index >= 15 is 0 Å². The summed E-state index contributed by atoms with van der Waals surface area (Å²) in [4.78, 5) is 11.3. The molecular weight excluding hydrogens is 284 g/mol. The first kappa shape index (κ1) is 12.7. The molecule has 3 nitrogen and oxygen atoms in total. The van der Waals surface area contributed by atoms with E-state index in [4.69, 9.17) is 52.1 Å². The second kappa shape index (κ2) is 4.66. The number of halogens is 4. The molecule has 0 heterocycles. The van der Waals surface area contributed by atoms with Gasteiger partial charge < -0.3 is 10.5 Å². The fourth-order valence-electron chi connectivity index (χ4n) is 0.950. The summed E-state index contributed by atoms with van der Waals surface area (Å²) in [6.45, 7) is 0. The number of nitrogen functional groups attached to an aromatic ring is 1. The van der Waals surface area contributed by atoms with E-state index in [1.165, 1.54) is 7.11 Å². The maximum absolute atomic E-state index is 11.3. The lowest BCUT2D eigenvalue weighted by atomic mass is 10.2. The largest absolute Gasteiger partial charge is 0.465 e. The number of hydrogen-bond acceptors (Lipinski definition) is 3. The maximum atomic E-state index is 11.3. The maximum Gasteiger partial charge on any atom is 0.341 e. The average molecular weight is 289 g/mol. The molecule has 15 heavy (non-hydrogen) atoms. The molecule has 0 spiro atoms. The second-order valence-electron chi connectivity index (χ2n) is 2.54. The van der Waals surface area contributed by atoms with Gasteiger partial charge in [0, 0.05) is 0 Å². The molecule has 0 aromatic heterocycles. The van der Waals surface area contributed by atoms with Crippen molar-refractivity contribution in [1.29, 1.82) is 0 Å². The Morgan fingerprint density at radius 3 is 2.00 bits per heavy atom. The lowest BCUT2D eigenvalue weighted by Crippen LogP contribution is -2.07. The van der Waals surface area contributed by atoms with E-state index in [1.807, 2.05) is 0 Å². The van der Waals surface area contributed by atoms with Crippen molar-refractivity contribution in [1.82, 2.24) is 0 Å². The van der Waals surface area contributed by atoms with Gasteiger partial charge in [-0.2, -0.15) is 0 Å². The fraction of sp³-hybridized carbons (Fsp3) is 0.125. The van der Waals surface area contributed by atoms with Crippen molar-refractivity contribution < 1.29 is 9.53 Å². The molecule has 0 aliphatic rings. The molecule has 0 aliphatic carbocycles. The zero-order chi connectivity index (χ0) is 11.7. The molecule has 7 heteroatoms. The molecule has 0 atom stereocenters. The molecule has 1 aromatic rings. The van der Waals surface area contributed by atoms with Gasteiger partial charge in [-0.05, 0) is 0 Å². The summed E-state index contributed by atoms with van der Waals surface area (Å²) in [5, 5.41) is -0.117. The molecule has 0 fully saturated rings. The molecule has 0 aliphatic heterocycles. The van der Waals surface area contributed by atoms with Crippen LogP contribution in [0.15, 0.2) is 0 Å². The number of carbonyl (C=O) groups excluding carboxylic acids is 1. The van der Waals surface area contributed by atoms with Gasteiger partial charge in [0.15, 0.2) is 0 Å². The number of anilines is 1. The van der Waals surface area contributed by atoms with Crippen LogP contribution in [0.5, 0.6) is 0 Å². The van der Waals surface area contributed by atoms with Crippen LogP contribution in [-0.2, 0) is 4.74 Å². The lowest BCUT2D eigenvalue weighted by molar-refractivity contribution is 0.0602. The number of nitrogens with two attached hydrogens (primary N) is 1. The number of esters is 1. The zero-order valence-electron chi connectivity index (χ0n) is 7.41. The summed E-state index contributed by atoms with van der Waals surface area (Å²) < 4.78 is 4.48. The van der Waals surface area contributed by atoms with E-state index in [-0.39, 0.29) is 31.3 Å². The minimum Gasteiger partial charge on any atom is -0.465 e. The van der Waals surface area contributed by atoms with E-state index in [1.54, 1.807) is 0 Å². The number of benzene rings is 1. The highest BCUT2D eigenvalue weighted by Crippen LogP contribution is 2.43. The molecule has 1 aromatic carbocycles. The van der Waals surface area contributed by atoms with Crippen LogP contribution in [0.25, 0.3) is 0 Å². The van der Waals surface area contributed by atoms with Gasteiger partial charge in [0.25, 0.3) is 0 Å². The average Bonchev–Trinajstić information content (AvgIpc) is 2.23. The van der Waals surface area contributed by atoms with Crippen LogP contribution < -0.4 is 5.73 Å². The van der Waals surface area contributed by atoms with Crippen LogP contribution in [0.2, 0.25) is 20.1 Å². The Bertz CT molecular complexity index is 404. The molecule has 0 amide bonds. The number of carbonyl (C=O) groups is 1. The molecule has 0 saturated heterocycles. The van der Waals surface area contributed by atoms with Crippen molar-refractivity contribution in [2.45, 2.75) is 0 Å². The standard InChI is InChI=1S/C8H5Cl4NO2/c1-15-8(14)2-3(9)4(10)5(11)6(12)7(2)13/h13H2,1H3. The number of hydrogen-bond donors (Lipinski definition) is 1. The van der Waals surface area contributed by atoms with Gasteiger partial charge in [0.2, 0.25) is 0 Å². The van der Waals surface area contributed by atoms with Crippen molar-refractivity contribution >= 4 is 58.1 Å². The van der Waals surface area contributed by atoms with E-state index in [9.17, 15) is 4.79 Å². The smallest absolute Gasteiger partial charge is 0.341 e. The van der Waals surface area contributed by atoms with Crippen LogP contribution >= 0.6 is 46.4 Å². The van der Waals surface area contributed by atoms with E-state index in [0.29, 0.717) is 0 Å². The predicted octanol–water partition coefficient (Wildman–Crippen LogP) is 3.67. The minimum absolute atomic E-state index is 0.00786. The van der Waals surface area contributed by atoms with Gasteiger partial charge in [-0.3, -0.25) is 0 Å². The third-order valence-corrected chi connectivity index (χ3v) is 3.51. The summed E-state index contributed by atoms with van der Waals surface area (Å²) in [6, 6.07) is 0. The summed E-state index contributed by atoms with van der Waals surface area (Å²) >= 11 is 23.0. The molecule has 82 valence electrons. The first-order valence-corrected chi connectivity index (χ1v) is 5.12. The van der Waals surface area contributed by atoms with Crippen LogP contribution in [0, 0.1) is 0 Å². The first-order chi connectivity index (χ1) is 6.91. The quantitative estimate of drug-likeness (QED) is 0.371. The molecule has 0 radical (unpaired) electrons. The van der Waals surface area contributed by atoms with E-state index < -0.39 is 5.97 Å². The number of ether oxygens (including phenoxy) is 1. The molecule has 0 saturated carbocycles. The molecule has 1 rings (SSSR count). The Hall–Kier alpha value is -0.350. The lowest BCUT2D eigenvalue weighted by Gasteiger charge is -2.11. The normalized spacial score (nSPS) is 10.2. The topological polar surface area (TPSA) is 52.3 Å². The minimum atomic E-state index is -0.724. The Kier molecular flexibility index (Phi) is 3.95. The van der Waals surface area contributed by atoms with Gasteiger partial charge in [0.05, 0.1) is 32.9 Å². The second-order valence-corrected chi connectivity index (χ2v) is 4.05. The highest BCUT2D eigenvalue weighted by molar-refractivity contribution is 6.54. The van der Waals surface area contributed by atoms with Crippen LogP contribution in [-0.4, -0.2) is 13.1 Å². The Balaban J connectivity index is 3.60. The summed E-state index contributed by atoms with van der Waals surface area (Å²) in [5.74, 6) is -0.724. The molecule has 0 unspecified atom stereocenters. The van der Waals surface area contributed by atoms with Gasteiger partial charge >= 0.3 is 5.97 Å². The monoisotopic (exact) mass is 287 g/mol. The van der Waals surface area contributed by atoms with E-state index in [0.717, 1.165) is 0 Å². The highest BCUT2D eigenvalue weighted by atomic mass is 35.5. The molecule has 2 N–H and O–H groups in total. The molecular formula is C8H5Cl4NO2. The van der Waals surface area contributed by atoms with Crippen molar-refractivity contribution in [2.75, 3.05) is 12.8 Å². The van der Waals surface area contributed by atoms with Gasteiger partial charge in [-0.25, -0.2) is 4.79 Å². The van der Waals surface area contributed by atoms with Crippen LogP contribution in [0.3, 0.4) is 0 Å². The van der Waals surface area contributed by atoms with Gasteiger partial charge in [-0.15, -0.1) is 0 Å². The predicted molar refractivity (Wildman–Crippen MR) is 62.2 cm³/mol. The Morgan fingerprint density at radius 2 is 1.53 bits per heavy atom. The first-order valence-electron chi connectivity index (χ1n) is 3.61. The van der Waals surface area contributed by atoms with Crippen molar-refractivity contribution in [3.05, 3.63) is 25.7 Å². The van der Waals surface area contributed by atoms with Gasteiger partial charge in [-0.1, -0.05) is 46.4 Å². The highest BCUT2D eigenvalue weighted by Gasteiger charge is 2.23. The number of methoxy groups -OCH3 is 1. The van der Waals surface area contributed by atoms with Crippen LogP contribution in [0.1, 0.15) is 10.4 Å². The summed E-state index contributed by atoms with van der Waals surface area (Å²) in [5.41, 5.74) is 5.43. The third kappa shape index (κ3) is 2.11. The van der Waals surface area contributed by atoms with Crippen molar-refractivity contribution in [3.63, 3.8) is 0 Å². The Morgan fingerprint density at radius 1 is 1.07 bits per heavy atom. The third-order valence-electron chi connectivity index (χ3n) is 1.69. The number of rotatable bonds is 1.